The minimum Gasteiger partial charge on any atom is -0.496 e. The van der Waals surface area contributed by atoms with E-state index in [1.807, 2.05) is 17.0 Å². The summed E-state index contributed by atoms with van der Waals surface area (Å²) in [6.07, 6.45) is 6.91. The normalized spacial score (nSPS) is 16.8. The Bertz CT molecular complexity index is 528. The second-order valence-electron chi connectivity index (χ2n) is 6.08. The number of hydrogen-bond donors (Lipinski definition) is 1. The summed E-state index contributed by atoms with van der Waals surface area (Å²) < 4.78 is 6.52. The lowest BCUT2D eigenvalue weighted by Gasteiger charge is -2.26. The SMILES string of the molecule is COc1ccc(Br)cc1C1CCCN1C(=O)CCCCCCN.Cl. The molecule has 1 aliphatic rings. The quantitative estimate of drug-likeness (QED) is 0.633. The molecule has 2 rings (SSSR count). The van der Waals surface area contributed by atoms with Gasteiger partial charge in [-0.25, -0.2) is 0 Å². The first-order valence-corrected chi connectivity index (χ1v) is 9.29. The molecule has 1 amide bonds. The van der Waals surface area contributed by atoms with Crippen LogP contribution in [0.2, 0.25) is 0 Å². The van der Waals surface area contributed by atoms with E-state index in [0.29, 0.717) is 6.42 Å². The van der Waals surface area contributed by atoms with E-state index in [1.165, 1.54) is 0 Å². The third-order valence-corrected chi connectivity index (χ3v) is 4.96. The van der Waals surface area contributed by atoms with E-state index in [-0.39, 0.29) is 24.4 Å². The van der Waals surface area contributed by atoms with Gasteiger partial charge >= 0.3 is 0 Å². The molecule has 0 spiro atoms. The van der Waals surface area contributed by atoms with Crippen LogP contribution in [0.1, 0.15) is 56.6 Å². The molecule has 1 saturated heterocycles. The van der Waals surface area contributed by atoms with Crippen molar-refractivity contribution in [2.45, 2.75) is 51.0 Å². The van der Waals surface area contributed by atoms with Crippen LogP contribution in [0, 0.1) is 0 Å². The van der Waals surface area contributed by atoms with E-state index in [9.17, 15) is 4.79 Å². The highest BCUT2D eigenvalue weighted by Gasteiger charge is 2.31. The number of methoxy groups -OCH3 is 1. The maximum absolute atomic E-state index is 12.6. The minimum atomic E-state index is 0. The van der Waals surface area contributed by atoms with E-state index in [0.717, 1.165) is 67.4 Å². The first-order valence-electron chi connectivity index (χ1n) is 8.50. The number of halogens is 2. The lowest BCUT2D eigenvalue weighted by Crippen LogP contribution is -2.30. The number of amides is 1. The van der Waals surface area contributed by atoms with Crippen LogP contribution in [0.15, 0.2) is 22.7 Å². The fraction of sp³-hybridized carbons (Fsp3) is 0.611. The maximum atomic E-state index is 12.6. The summed E-state index contributed by atoms with van der Waals surface area (Å²) in [6.45, 7) is 1.59. The molecule has 0 saturated carbocycles. The number of nitrogens with zero attached hydrogens (tertiary/aromatic N) is 1. The Labute approximate surface area is 159 Å². The van der Waals surface area contributed by atoms with Gasteiger partial charge in [0.2, 0.25) is 5.91 Å². The van der Waals surface area contributed by atoms with Gasteiger partial charge in [0, 0.05) is 23.0 Å². The van der Waals surface area contributed by atoms with E-state index >= 15 is 0 Å². The number of carbonyl (C=O) groups is 1. The van der Waals surface area contributed by atoms with E-state index in [4.69, 9.17) is 10.5 Å². The van der Waals surface area contributed by atoms with Gasteiger partial charge in [-0.05, 0) is 50.4 Å². The summed E-state index contributed by atoms with van der Waals surface area (Å²) >= 11 is 3.53. The van der Waals surface area contributed by atoms with E-state index < -0.39 is 0 Å². The van der Waals surface area contributed by atoms with Gasteiger partial charge in [0.1, 0.15) is 5.75 Å². The zero-order valence-corrected chi connectivity index (χ0v) is 16.7. The number of unbranched alkanes of at least 4 members (excludes halogenated alkanes) is 3. The van der Waals surface area contributed by atoms with Crippen LogP contribution >= 0.6 is 28.3 Å². The van der Waals surface area contributed by atoms with Crippen molar-refractivity contribution in [3.63, 3.8) is 0 Å². The monoisotopic (exact) mass is 418 g/mol. The minimum absolute atomic E-state index is 0. The van der Waals surface area contributed by atoms with Crippen molar-refractivity contribution in [3.8, 4) is 5.75 Å². The molecule has 1 heterocycles. The molecule has 4 nitrogen and oxygen atoms in total. The summed E-state index contributed by atoms with van der Waals surface area (Å²) in [7, 11) is 1.69. The zero-order chi connectivity index (χ0) is 16.7. The molecule has 1 aromatic rings. The first-order chi connectivity index (χ1) is 11.2. The molecule has 0 radical (unpaired) electrons. The molecule has 0 aliphatic carbocycles. The third kappa shape index (κ3) is 5.64. The average Bonchev–Trinajstić information content (AvgIpc) is 3.04. The average molecular weight is 420 g/mol. The molecule has 24 heavy (non-hydrogen) atoms. The van der Waals surface area contributed by atoms with Crippen LogP contribution in [-0.2, 0) is 4.79 Å². The van der Waals surface area contributed by atoms with E-state index in [2.05, 4.69) is 22.0 Å². The standard InChI is InChI=1S/C18H27BrN2O2.ClH/c1-23-17-10-9-14(19)13-15(17)16-7-6-12-21(16)18(22)8-4-2-3-5-11-20;/h9-10,13,16H,2-8,11-12,20H2,1H3;1H. The lowest BCUT2D eigenvalue weighted by molar-refractivity contribution is -0.132. The van der Waals surface area contributed by atoms with Crippen LogP contribution in [-0.4, -0.2) is 31.0 Å². The Balaban J connectivity index is 0.00000288. The molecule has 6 heteroatoms. The van der Waals surface area contributed by atoms with Gasteiger partial charge in [-0.1, -0.05) is 28.8 Å². The highest BCUT2D eigenvalue weighted by atomic mass is 79.9. The number of nitrogens with two attached hydrogens (primary N) is 1. The smallest absolute Gasteiger partial charge is 0.223 e. The number of likely N-dealkylation sites (tertiary alicyclic amines) is 1. The molecule has 0 aromatic heterocycles. The first kappa shape index (κ1) is 21.3. The number of hydrogen-bond acceptors (Lipinski definition) is 3. The highest BCUT2D eigenvalue weighted by molar-refractivity contribution is 9.10. The molecule has 1 atom stereocenters. The summed E-state index contributed by atoms with van der Waals surface area (Å²) in [5.74, 6) is 1.13. The van der Waals surface area contributed by atoms with Crippen molar-refractivity contribution < 1.29 is 9.53 Å². The Morgan fingerprint density at radius 1 is 1.33 bits per heavy atom. The number of rotatable bonds is 8. The van der Waals surface area contributed by atoms with Gasteiger partial charge in [-0.3, -0.25) is 4.79 Å². The van der Waals surface area contributed by atoms with E-state index in [1.54, 1.807) is 7.11 Å². The van der Waals surface area contributed by atoms with Crippen LogP contribution in [0.3, 0.4) is 0 Å². The van der Waals surface area contributed by atoms with Gasteiger partial charge in [0.05, 0.1) is 13.2 Å². The molecular formula is C18H28BrClN2O2. The zero-order valence-electron chi connectivity index (χ0n) is 14.3. The number of carbonyl (C=O) groups excluding carboxylic acids is 1. The second kappa shape index (κ2) is 11.0. The topological polar surface area (TPSA) is 55.6 Å². The summed E-state index contributed by atoms with van der Waals surface area (Å²) in [4.78, 5) is 14.6. The summed E-state index contributed by atoms with van der Waals surface area (Å²) in [5, 5.41) is 0. The van der Waals surface area contributed by atoms with Crippen LogP contribution in [0.4, 0.5) is 0 Å². The molecular weight excluding hydrogens is 392 g/mol. The lowest BCUT2D eigenvalue weighted by atomic mass is 10.0. The maximum Gasteiger partial charge on any atom is 0.223 e. The largest absolute Gasteiger partial charge is 0.496 e. The molecule has 1 aliphatic heterocycles. The molecule has 0 bridgehead atoms. The predicted octanol–water partition coefficient (Wildman–Crippen LogP) is 4.45. The Hall–Kier alpha value is -0.780. The van der Waals surface area contributed by atoms with Crippen molar-refractivity contribution in [1.29, 1.82) is 0 Å². The van der Waals surface area contributed by atoms with Crippen LogP contribution in [0.25, 0.3) is 0 Å². The summed E-state index contributed by atoms with van der Waals surface area (Å²) in [5.41, 5.74) is 6.61. The molecule has 1 unspecified atom stereocenters. The molecule has 136 valence electrons. The fourth-order valence-corrected chi connectivity index (χ4v) is 3.65. The third-order valence-electron chi connectivity index (χ3n) is 4.47. The van der Waals surface area contributed by atoms with Gasteiger partial charge < -0.3 is 15.4 Å². The van der Waals surface area contributed by atoms with Crippen molar-refractivity contribution >= 4 is 34.2 Å². The summed E-state index contributed by atoms with van der Waals surface area (Å²) in [6, 6.07) is 6.16. The van der Waals surface area contributed by atoms with Gasteiger partial charge in [0.25, 0.3) is 0 Å². The Morgan fingerprint density at radius 2 is 2.08 bits per heavy atom. The predicted molar refractivity (Wildman–Crippen MR) is 104 cm³/mol. The molecule has 2 N–H and O–H groups in total. The van der Waals surface area contributed by atoms with Gasteiger partial charge in [-0.15, -0.1) is 12.4 Å². The van der Waals surface area contributed by atoms with Crippen molar-refractivity contribution in [1.82, 2.24) is 4.90 Å². The van der Waals surface area contributed by atoms with Gasteiger partial charge in [-0.2, -0.15) is 0 Å². The fourth-order valence-electron chi connectivity index (χ4n) is 3.27. The Kier molecular flexibility index (Phi) is 9.71. The number of ether oxygens (including phenoxy) is 1. The van der Waals surface area contributed by atoms with Crippen molar-refractivity contribution in [2.24, 2.45) is 5.73 Å². The second-order valence-corrected chi connectivity index (χ2v) is 7.00. The molecule has 1 fully saturated rings. The van der Waals surface area contributed by atoms with Crippen molar-refractivity contribution in [2.75, 3.05) is 20.2 Å². The van der Waals surface area contributed by atoms with Gasteiger partial charge in [0.15, 0.2) is 0 Å². The molecule has 1 aromatic carbocycles. The van der Waals surface area contributed by atoms with Crippen molar-refractivity contribution in [3.05, 3.63) is 28.2 Å². The van der Waals surface area contributed by atoms with Crippen LogP contribution in [0.5, 0.6) is 5.75 Å². The van der Waals surface area contributed by atoms with Crippen LogP contribution < -0.4 is 10.5 Å². The number of benzene rings is 1. The Morgan fingerprint density at radius 3 is 2.79 bits per heavy atom. The highest BCUT2D eigenvalue weighted by Crippen LogP contribution is 2.38.